The highest BCUT2D eigenvalue weighted by Gasteiger charge is 2.54. The van der Waals surface area contributed by atoms with E-state index in [9.17, 15) is 0 Å². The van der Waals surface area contributed by atoms with Crippen molar-refractivity contribution in [2.45, 2.75) is 105 Å². The van der Waals surface area contributed by atoms with Gasteiger partial charge in [-0.25, -0.2) is 0 Å². The fraction of sp³-hybridized carbons (Fsp3) is 0.154. The van der Waals surface area contributed by atoms with E-state index < -0.39 is 8.07 Å². The molecule has 0 aliphatic heterocycles. The number of benzene rings is 12. The summed E-state index contributed by atoms with van der Waals surface area (Å²) < 4.78 is 0. The Labute approximate surface area is 629 Å². The van der Waals surface area contributed by atoms with E-state index in [0.717, 1.165) is 89.1 Å². The summed E-state index contributed by atoms with van der Waals surface area (Å²) in [5.74, 6) is 0. The van der Waals surface area contributed by atoms with Gasteiger partial charge in [0.05, 0.1) is 0 Å². The molecule has 520 valence electrons. The van der Waals surface area contributed by atoms with Gasteiger partial charge in [0.2, 0.25) is 0 Å². The van der Waals surface area contributed by atoms with Gasteiger partial charge in [0.1, 0.15) is 0 Å². The van der Waals surface area contributed by atoms with Gasteiger partial charge in [0, 0.05) is 0 Å². The molecule has 0 aromatic heterocycles. The third-order valence-electron chi connectivity index (χ3n) is 20.0. The largest absolute Gasteiger partial charge is 0.184 e. The van der Waals surface area contributed by atoms with Crippen LogP contribution in [-0.4, -0.2) is 8.07 Å². The van der Waals surface area contributed by atoms with Gasteiger partial charge in [0.25, 0.3) is 0 Å². The lowest BCUT2D eigenvalue weighted by Gasteiger charge is -2.46. The minimum absolute atomic E-state index is 0.0358. The third kappa shape index (κ3) is 17.5. The van der Waals surface area contributed by atoms with Gasteiger partial charge in [-0.2, -0.15) is 0 Å². The highest BCUT2D eigenvalue weighted by atomic mass is 28.3. The van der Waals surface area contributed by atoms with E-state index in [-0.39, 0.29) is 21.7 Å². The molecule has 12 aromatic rings. The molecule has 0 unspecified atom stereocenters. The van der Waals surface area contributed by atoms with Crippen molar-refractivity contribution in [2.75, 3.05) is 0 Å². The van der Waals surface area contributed by atoms with Crippen LogP contribution in [0.15, 0.2) is 364 Å². The fourth-order valence-electron chi connectivity index (χ4n) is 14.3. The van der Waals surface area contributed by atoms with E-state index >= 15 is 0 Å². The second-order valence-electron chi connectivity index (χ2n) is 31.7. The summed E-state index contributed by atoms with van der Waals surface area (Å²) in [7, 11) is -4.63. The van der Waals surface area contributed by atoms with Crippen LogP contribution in [-0.2, 0) is 21.7 Å². The molecule has 0 amide bonds. The van der Waals surface area contributed by atoms with E-state index in [2.05, 4.69) is 471 Å². The summed E-state index contributed by atoms with van der Waals surface area (Å²) in [6.45, 7) is 27.5. The zero-order valence-electron chi connectivity index (χ0n) is 63.5. The Morgan fingerprint density at radius 2 is 0.324 bits per heavy atom. The average molecular weight is 1380 g/mol. The van der Waals surface area contributed by atoms with Crippen molar-refractivity contribution in [3.8, 4) is 0 Å². The van der Waals surface area contributed by atoms with E-state index in [1.807, 2.05) is 0 Å². The van der Waals surface area contributed by atoms with Crippen molar-refractivity contribution in [1.82, 2.24) is 0 Å². The second kappa shape index (κ2) is 32.6. The highest BCUT2D eigenvalue weighted by molar-refractivity contribution is 7.34. The zero-order chi connectivity index (χ0) is 73.6. The summed E-state index contributed by atoms with van der Waals surface area (Å²) in [5, 5.41) is 4.82. The summed E-state index contributed by atoms with van der Waals surface area (Å²) in [6.07, 6.45) is 19.4. The lowest BCUT2D eigenvalue weighted by molar-refractivity contribution is 0.590. The summed E-state index contributed by atoms with van der Waals surface area (Å²) in [4.78, 5) is 0. The van der Waals surface area contributed by atoms with Crippen LogP contribution >= 0.6 is 0 Å². The molecule has 0 spiro atoms. The van der Waals surface area contributed by atoms with E-state index in [1.165, 1.54) is 43.0 Å². The number of hydrogen-bond acceptors (Lipinski definition) is 0. The number of hydrogen-bond donors (Lipinski definition) is 0. The van der Waals surface area contributed by atoms with Crippen LogP contribution in [0, 0.1) is 0 Å². The summed E-state index contributed by atoms with van der Waals surface area (Å²) in [6, 6.07) is 128. The minimum atomic E-state index is -4.63. The van der Waals surface area contributed by atoms with Crippen molar-refractivity contribution in [3.05, 3.63) is 453 Å². The predicted octanol–water partition coefficient (Wildman–Crippen LogP) is 28.1. The molecule has 0 saturated heterocycles. The quantitative estimate of drug-likeness (QED) is 0.0405. The van der Waals surface area contributed by atoms with Crippen LogP contribution in [0.4, 0.5) is 0 Å². The Bertz CT molecular complexity index is 4440. The average Bonchev–Trinajstić information content (AvgIpc) is 0.690. The van der Waals surface area contributed by atoms with Crippen molar-refractivity contribution in [1.29, 1.82) is 0 Å². The second-order valence-corrected chi connectivity index (χ2v) is 35.2. The first-order valence-corrected chi connectivity index (χ1v) is 39.2. The molecule has 12 aromatic carbocycles. The molecule has 0 heterocycles. The Kier molecular flexibility index (Phi) is 22.8. The maximum Gasteiger partial charge on any atom is 0.184 e. The van der Waals surface area contributed by atoms with E-state index in [1.54, 1.807) is 0 Å². The topological polar surface area (TPSA) is 0 Å². The monoisotopic (exact) mass is 1380 g/mol. The molecule has 0 aliphatic rings. The lowest BCUT2D eigenvalue weighted by atomic mass is 9.86. The van der Waals surface area contributed by atoms with Gasteiger partial charge in [-0.1, -0.05) is 471 Å². The standard InChI is InChI=1S/C104H100Si/c1-101(2,3)89-65-53-77(54-66-89)61-73-93(81-37-21-13-22-38-81)97(85-45-29-17-30-46-85)105(98(86-47-31-18-32-48-86)94(82-39-23-14-24-40-82)74-62-78-55-67-90(68-56-78)102(4,5)6,99(87-49-33-19-34-50-87)95(83-41-25-15-26-42-83)75-63-79-57-69-91(70-58-79)103(7,8)9)100(88-51-35-20-36-52-88)96(84-43-27-16-28-44-84)76-64-80-59-71-92(72-60-80)104(10,11)12/h13-76H,1-12H3. The van der Waals surface area contributed by atoms with Crippen LogP contribution in [0.3, 0.4) is 0 Å². The van der Waals surface area contributed by atoms with E-state index in [0.29, 0.717) is 0 Å². The third-order valence-corrected chi connectivity index (χ3v) is 25.3. The van der Waals surface area contributed by atoms with Gasteiger partial charge >= 0.3 is 0 Å². The van der Waals surface area contributed by atoms with Crippen molar-refractivity contribution >= 4 is 75.5 Å². The molecule has 105 heavy (non-hydrogen) atoms. The van der Waals surface area contributed by atoms with Gasteiger partial charge in [-0.05, 0) is 154 Å². The molecular weight excluding hydrogens is 1280 g/mol. The van der Waals surface area contributed by atoms with Crippen LogP contribution in [0.25, 0.3) is 67.4 Å². The molecular formula is C104H100Si. The first-order chi connectivity index (χ1) is 50.6. The highest BCUT2D eigenvalue weighted by Crippen LogP contribution is 2.60. The van der Waals surface area contributed by atoms with Crippen molar-refractivity contribution in [2.24, 2.45) is 0 Å². The molecule has 0 fully saturated rings. The van der Waals surface area contributed by atoms with Crippen molar-refractivity contribution < 1.29 is 0 Å². The summed E-state index contributed by atoms with van der Waals surface area (Å²) >= 11 is 0. The SMILES string of the molecule is CC(C)(C)c1ccc(C=CC(=C(c2ccccc2)[Si](C(=C(C=Cc2ccc(C(C)(C)C)cc2)c2ccccc2)c2ccccc2)(C(=C(C=Cc2ccc(C(C)(C)C)cc2)c2ccccc2)c2ccccc2)C(=C(C=Cc2ccc(C(C)(C)C)cc2)c2ccccc2)c2ccccc2)c2ccccc2)cc1. The normalized spacial score (nSPS) is 14.1. The van der Waals surface area contributed by atoms with Crippen molar-refractivity contribution in [3.63, 3.8) is 0 Å². The van der Waals surface area contributed by atoms with Gasteiger partial charge in [0.15, 0.2) is 8.07 Å². The van der Waals surface area contributed by atoms with Crippen LogP contribution in [0.1, 0.15) is 172 Å². The fourth-order valence-corrected chi connectivity index (χ4v) is 20.8. The summed E-state index contributed by atoms with van der Waals surface area (Å²) in [5.41, 5.74) is 22.6. The number of allylic oxidation sites excluding steroid dienone is 8. The Morgan fingerprint density at radius 3 is 0.467 bits per heavy atom. The molecule has 0 radical (unpaired) electrons. The Balaban J connectivity index is 1.48. The molecule has 0 aliphatic carbocycles. The van der Waals surface area contributed by atoms with E-state index in [4.69, 9.17) is 0 Å². The molecule has 1 heteroatoms. The maximum absolute atomic E-state index is 4.63. The Hall–Kier alpha value is -11.2. The van der Waals surface area contributed by atoms with Gasteiger partial charge in [-0.15, -0.1) is 0 Å². The Morgan fingerprint density at radius 1 is 0.181 bits per heavy atom. The molecule has 0 atom stereocenters. The molecule has 0 bridgehead atoms. The lowest BCUT2D eigenvalue weighted by Crippen LogP contribution is -2.45. The first-order valence-electron chi connectivity index (χ1n) is 37.2. The van der Waals surface area contributed by atoms with Crippen LogP contribution in [0.2, 0.25) is 0 Å². The molecule has 0 saturated carbocycles. The first kappa shape index (κ1) is 73.5. The van der Waals surface area contributed by atoms with Crippen LogP contribution < -0.4 is 0 Å². The minimum Gasteiger partial charge on any atom is -0.0622 e. The van der Waals surface area contributed by atoms with Gasteiger partial charge < -0.3 is 0 Å². The van der Waals surface area contributed by atoms with Crippen LogP contribution in [0.5, 0.6) is 0 Å². The zero-order valence-corrected chi connectivity index (χ0v) is 64.5. The van der Waals surface area contributed by atoms with Gasteiger partial charge in [-0.3, -0.25) is 0 Å². The number of rotatable bonds is 20. The predicted molar refractivity (Wildman–Crippen MR) is 461 cm³/mol. The smallest absolute Gasteiger partial charge is 0.0622 e. The maximum atomic E-state index is 2.47. The molecule has 0 N–H and O–H groups in total. The molecule has 0 nitrogen and oxygen atoms in total. The molecule has 12 rings (SSSR count).